The molecule has 1 saturated carbocycles. The van der Waals surface area contributed by atoms with Gasteiger partial charge in [0, 0.05) is 12.0 Å². The minimum absolute atomic E-state index is 0.0346. The Labute approximate surface area is 92.8 Å². The van der Waals surface area contributed by atoms with Crippen LogP contribution in [0.5, 0.6) is 0 Å². The number of carbonyl (C=O) groups is 1. The highest BCUT2D eigenvalue weighted by atomic mass is 16.1. The molecule has 0 saturated heterocycles. The molecule has 1 amide bonds. The maximum Gasteiger partial charge on any atom is 0.219 e. The van der Waals surface area contributed by atoms with E-state index < -0.39 is 0 Å². The maximum absolute atomic E-state index is 11.2. The fourth-order valence-corrected chi connectivity index (χ4v) is 2.95. The molecule has 1 rings (SSSR count). The van der Waals surface area contributed by atoms with Gasteiger partial charge in [0.2, 0.25) is 5.91 Å². The maximum atomic E-state index is 11.2. The van der Waals surface area contributed by atoms with Crippen molar-refractivity contribution in [3.63, 3.8) is 0 Å². The molecule has 15 heavy (non-hydrogen) atoms. The van der Waals surface area contributed by atoms with Crippen LogP contribution in [0.4, 0.5) is 0 Å². The molecule has 88 valence electrons. The second-order valence-electron chi connectivity index (χ2n) is 5.11. The summed E-state index contributed by atoms with van der Waals surface area (Å²) in [5.74, 6) is 1.13. The highest BCUT2D eigenvalue weighted by Gasteiger charge is 2.40. The van der Waals surface area contributed by atoms with Crippen molar-refractivity contribution in [2.75, 3.05) is 6.54 Å². The van der Waals surface area contributed by atoms with Crippen LogP contribution in [0, 0.1) is 11.8 Å². The van der Waals surface area contributed by atoms with Gasteiger partial charge < -0.3 is 11.1 Å². The van der Waals surface area contributed by atoms with Gasteiger partial charge >= 0.3 is 0 Å². The number of hydrogen-bond donors (Lipinski definition) is 2. The van der Waals surface area contributed by atoms with Crippen molar-refractivity contribution in [1.29, 1.82) is 0 Å². The summed E-state index contributed by atoms with van der Waals surface area (Å²) >= 11 is 0. The lowest BCUT2D eigenvalue weighted by molar-refractivity contribution is -0.120. The molecule has 0 aromatic rings. The third-order valence-corrected chi connectivity index (χ3v) is 3.80. The van der Waals surface area contributed by atoms with E-state index in [-0.39, 0.29) is 11.4 Å². The molecular formula is C12H24N2O. The van der Waals surface area contributed by atoms with Gasteiger partial charge in [-0.2, -0.15) is 0 Å². The molecule has 3 heteroatoms. The standard InChI is InChI=1S/C12H24N2O/c1-4-14-12(8-11(13)15)6-5-9(2)7-10(12)3/h9-10,14H,4-8H2,1-3H3,(H2,13,15). The number of amides is 1. The molecule has 0 heterocycles. The topological polar surface area (TPSA) is 55.1 Å². The van der Waals surface area contributed by atoms with Crippen LogP contribution in [0.15, 0.2) is 0 Å². The average Bonchev–Trinajstić information content (AvgIpc) is 2.11. The number of primary amides is 1. The van der Waals surface area contributed by atoms with Crippen LogP contribution < -0.4 is 11.1 Å². The normalized spacial score (nSPS) is 36.5. The van der Waals surface area contributed by atoms with Crippen LogP contribution in [0.1, 0.15) is 46.5 Å². The minimum atomic E-state index is -0.183. The summed E-state index contributed by atoms with van der Waals surface area (Å²) in [5.41, 5.74) is 5.32. The molecule has 3 N–H and O–H groups in total. The van der Waals surface area contributed by atoms with E-state index in [0.717, 1.165) is 18.9 Å². The molecule has 0 radical (unpaired) electrons. The Morgan fingerprint density at radius 3 is 2.67 bits per heavy atom. The van der Waals surface area contributed by atoms with Crippen LogP contribution in [-0.4, -0.2) is 18.0 Å². The quantitative estimate of drug-likeness (QED) is 0.744. The molecule has 3 unspecified atom stereocenters. The predicted octanol–water partition coefficient (Wildman–Crippen LogP) is 1.67. The summed E-state index contributed by atoms with van der Waals surface area (Å²) in [6, 6.07) is 0. The van der Waals surface area contributed by atoms with E-state index in [1.807, 2.05) is 0 Å². The largest absolute Gasteiger partial charge is 0.370 e. The Bertz CT molecular complexity index is 230. The highest BCUT2D eigenvalue weighted by Crippen LogP contribution is 2.38. The van der Waals surface area contributed by atoms with E-state index in [1.165, 1.54) is 12.8 Å². The smallest absolute Gasteiger partial charge is 0.219 e. The monoisotopic (exact) mass is 212 g/mol. The molecule has 0 aliphatic heterocycles. The number of nitrogens with two attached hydrogens (primary N) is 1. The SMILES string of the molecule is CCNC1(CC(N)=O)CCC(C)CC1C. The Morgan fingerprint density at radius 2 is 2.20 bits per heavy atom. The van der Waals surface area contributed by atoms with Crippen molar-refractivity contribution in [3.05, 3.63) is 0 Å². The van der Waals surface area contributed by atoms with Crippen molar-refractivity contribution in [2.24, 2.45) is 17.6 Å². The van der Waals surface area contributed by atoms with Gasteiger partial charge in [-0.3, -0.25) is 4.79 Å². The second kappa shape index (κ2) is 4.97. The van der Waals surface area contributed by atoms with E-state index in [0.29, 0.717) is 12.3 Å². The Kier molecular flexibility index (Phi) is 4.14. The molecule has 1 aliphatic carbocycles. The van der Waals surface area contributed by atoms with Crippen LogP contribution in [0.2, 0.25) is 0 Å². The summed E-state index contributed by atoms with van der Waals surface area (Å²) in [7, 11) is 0. The van der Waals surface area contributed by atoms with Gasteiger partial charge in [0.1, 0.15) is 0 Å². The van der Waals surface area contributed by atoms with Crippen molar-refractivity contribution in [2.45, 2.75) is 52.0 Å². The van der Waals surface area contributed by atoms with Crippen molar-refractivity contribution >= 4 is 5.91 Å². The molecule has 1 aliphatic rings. The second-order valence-corrected chi connectivity index (χ2v) is 5.11. The molecule has 0 aromatic heterocycles. The predicted molar refractivity (Wildman–Crippen MR) is 62.4 cm³/mol. The van der Waals surface area contributed by atoms with Crippen molar-refractivity contribution in [3.8, 4) is 0 Å². The lowest BCUT2D eigenvalue weighted by Gasteiger charge is -2.45. The van der Waals surface area contributed by atoms with Gasteiger partial charge in [0.15, 0.2) is 0 Å². The lowest BCUT2D eigenvalue weighted by atomic mass is 9.68. The van der Waals surface area contributed by atoms with Gasteiger partial charge in [-0.15, -0.1) is 0 Å². The van der Waals surface area contributed by atoms with E-state index >= 15 is 0 Å². The minimum Gasteiger partial charge on any atom is -0.370 e. The van der Waals surface area contributed by atoms with E-state index in [9.17, 15) is 4.79 Å². The Morgan fingerprint density at radius 1 is 1.53 bits per heavy atom. The summed E-state index contributed by atoms with van der Waals surface area (Å²) < 4.78 is 0. The number of carbonyl (C=O) groups excluding carboxylic acids is 1. The average molecular weight is 212 g/mol. The fraction of sp³-hybridized carbons (Fsp3) is 0.917. The van der Waals surface area contributed by atoms with E-state index in [4.69, 9.17) is 5.73 Å². The zero-order valence-corrected chi connectivity index (χ0v) is 10.2. The summed E-state index contributed by atoms with van der Waals surface area (Å²) in [5, 5.41) is 3.50. The first-order valence-electron chi connectivity index (χ1n) is 6.03. The number of rotatable bonds is 4. The van der Waals surface area contributed by atoms with Crippen LogP contribution in [-0.2, 0) is 4.79 Å². The van der Waals surface area contributed by atoms with Crippen molar-refractivity contribution < 1.29 is 4.79 Å². The molecule has 3 nitrogen and oxygen atoms in total. The van der Waals surface area contributed by atoms with Gasteiger partial charge in [-0.25, -0.2) is 0 Å². The molecule has 0 bridgehead atoms. The summed E-state index contributed by atoms with van der Waals surface area (Å²) in [6.45, 7) is 7.53. The lowest BCUT2D eigenvalue weighted by Crippen LogP contribution is -2.55. The number of nitrogens with one attached hydrogen (secondary N) is 1. The van der Waals surface area contributed by atoms with E-state index in [1.54, 1.807) is 0 Å². The zero-order valence-electron chi connectivity index (χ0n) is 10.2. The van der Waals surface area contributed by atoms with Crippen LogP contribution >= 0.6 is 0 Å². The Balaban J connectivity index is 2.74. The van der Waals surface area contributed by atoms with E-state index in [2.05, 4.69) is 26.1 Å². The first-order valence-corrected chi connectivity index (χ1v) is 6.03. The first-order chi connectivity index (χ1) is 7.00. The molecular weight excluding hydrogens is 188 g/mol. The first kappa shape index (κ1) is 12.5. The third kappa shape index (κ3) is 2.94. The Hall–Kier alpha value is -0.570. The third-order valence-electron chi connectivity index (χ3n) is 3.80. The summed E-state index contributed by atoms with van der Waals surface area (Å²) in [6.07, 6.45) is 3.95. The number of hydrogen-bond acceptors (Lipinski definition) is 2. The highest BCUT2D eigenvalue weighted by molar-refractivity contribution is 5.75. The van der Waals surface area contributed by atoms with Crippen LogP contribution in [0.3, 0.4) is 0 Å². The van der Waals surface area contributed by atoms with Gasteiger partial charge in [0.25, 0.3) is 0 Å². The van der Waals surface area contributed by atoms with Gasteiger partial charge in [0.05, 0.1) is 0 Å². The molecule has 0 spiro atoms. The fourth-order valence-electron chi connectivity index (χ4n) is 2.95. The molecule has 0 aromatic carbocycles. The zero-order chi connectivity index (χ0) is 11.5. The van der Waals surface area contributed by atoms with Crippen molar-refractivity contribution in [1.82, 2.24) is 5.32 Å². The van der Waals surface area contributed by atoms with Gasteiger partial charge in [-0.05, 0) is 37.6 Å². The summed E-state index contributed by atoms with van der Waals surface area (Å²) in [4.78, 5) is 11.2. The molecule has 1 fully saturated rings. The van der Waals surface area contributed by atoms with Gasteiger partial charge in [-0.1, -0.05) is 20.8 Å². The molecule has 3 atom stereocenters. The van der Waals surface area contributed by atoms with Crippen LogP contribution in [0.25, 0.3) is 0 Å².